The van der Waals surface area contributed by atoms with Crippen LogP contribution in [0.25, 0.3) is 11.4 Å². The normalized spacial score (nSPS) is 12.0. The number of aromatic nitrogens is 4. The van der Waals surface area contributed by atoms with Crippen LogP contribution in [0.2, 0.25) is 5.28 Å². The molecule has 2 aromatic heterocycles. The van der Waals surface area contributed by atoms with Gasteiger partial charge in [-0.2, -0.15) is 15.0 Å². The smallest absolute Gasteiger partial charge is 0.321 e. The van der Waals surface area contributed by atoms with Gasteiger partial charge in [0.15, 0.2) is 5.82 Å². The molecule has 0 saturated carbocycles. The van der Waals surface area contributed by atoms with Crippen molar-refractivity contribution >= 4 is 11.6 Å². The monoisotopic (exact) mass is 308 g/mol. The summed E-state index contributed by atoms with van der Waals surface area (Å²) >= 11 is 5.83. The zero-order chi connectivity index (χ0) is 15.2. The van der Waals surface area contributed by atoms with E-state index in [1.165, 1.54) is 7.11 Å². The Morgan fingerprint density at radius 2 is 2.05 bits per heavy atom. The standard InChI is InChI=1S/C14H17ClN4O2/c1-4-5-9(2)21-11-7-6-10(8-16-11)12-17-13(15)19-14(18-12)20-3/h6-9H,4-5H2,1-3H3/t9-/m1/s1. The van der Waals surface area contributed by atoms with Gasteiger partial charge in [0.1, 0.15) is 0 Å². The molecule has 2 aromatic rings. The van der Waals surface area contributed by atoms with Crippen molar-refractivity contribution in [3.63, 3.8) is 0 Å². The van der Waals surface area contributed by atoms with E-state index in [2.05, 4.69) is 26.9 Å². The average Bonchev–Trinajstić information content (AvgIpc) is 2.47. The lowest BCUT2D eigenvalue weighted by molar-refractivity contribution is 0.201. The van der Waals surface area contributed by atoms with E-state index in [0.29, 0.717) is 17.3 Å². The molecule has 0 aromatic carbocycles. The summed E-state index contributed by atoms with van der Waals surface area (Å²) in [4.78, 5) is 16.3. The fourth-order valence-electron chi connectivity index (χ4n) is 1.81. The van der Waals surface area contributed by atoms with E-state index in [9.17, 15) is 0 Å². The van der Waals surface area contributed by atoms with Crippen LogP contribution in [-0.2, 0) is 0 Å². The molecule has 0 N–H and O–H groups in total. The summed E-state index contributed by atoms with van der Waals surface area (Å²) < 4.78 is 10.7. The highest BCUT2D eigenvalue weighted by Gasteiger charge is 2.09. The molecule has 0 spiro atoms. The molecule has 0 aliphatic heterocycles. The van der Waals surface area contributed by atoms with Gasteiger partial charge in [-0.15, -0.1) is 0 Å². The van der Waals surface area contributed by atoms with Gasteiger partial charge in [0.2, 0.25) is 11.2 Å². The summed E-state index contributed by atoms with van der Waals surface area (Å²) in [6, 6.07) is 3.78. The van der Waals surface area contributed by atoms with Crippen LogP contribution in [0, 0.1) is 0 Å². The summed E-state index contributed by atoms with van der Waals surface area (Å²) in [5.41, 5.74) is 0.716. The number of nitrogens with zero attached hydrogens (tertiary/aromatic N) is 4. The van der Waals surface area contributed by atoms with Gasteiger partial charge < -0.3 is 9.47 Å². The Morgan fingerprint density at radius 1 is 1.24 bits per heavy atom. The van der Waals surface area contributed by atoms with Gasteiger partial charge in [0.05, 0.1) is 13.2 Å². The Bertz CT molecular complexity index is 592. The first-order chi connectivity index (χ1) is 10.1. The lowest BCUT2D eigenvalue weighted by Gasteiger charge is -2.12. The van der Waals surface area contributed by atoms with Gasteiger partial charge in [-0.1, -0.05) is 13.3 Å². The molecule has 0 unspecified atom stereocenters. The first-order valence-corrected chi connectivity index (χ1v) is 7.08. The van der Waals surface area contributed by atoms with Crippen molar-refractivity contribution in [1.29, 1.82) is 0 Å². The van der Waals surface area contributed by atoms with E-state index in [1.807, 2.05) is 13.0 Å². The van der Waals surface area contributed by atoms with E-state index in [1.54, 1.807) is 12.3 Å². The number of pyridine rings is 1. The van der Waals surface area contributed by atoms with Gasteiger partial charge in [0, 0.05) is 17.8 Å². The maximum atomic E-state index is 5.83. The van der Waals surface area contributed by atoms with Crippen LogP contribution in [0.15, 0.2) is 18.3 Å². The highest BCUT2D eigenvalue weighted by Crippen LogP contribution is 2.20. The molecule has 6 nitrogen and oxygen atoms in total. The van der Waals surface area contributed by atoms with Gasteiger partial charge in [-0.05, 0) is 31.0 Å². The molecular formula is C14H17ClN4O2. The zero-order valence-electron chi connectivity index (χ0n) is 12.2. The summed E-state index contributed by atoms with van der Waals surface area (Å²) in [7, 11) is 1.47. The van der Waals surface area contributed by atoms with Crippen LogP contribution >= 0.6 is 11.6 Å². The van der Waals surface area contributed by atoms with Gasteiger partial charge in [0.25, 0.3) is 0 Å². The number of halogens is 1. The summed E-state index contributed by atoms with van der Waals surface area (Å²) in [5.74, 6) is 0.985. The average molecular weight is 309 g/mol. The van der Waals surface area contributed by atoms with Gasteiger partial charge in [-0.3, -0.25) is 0 Å². The molecule has 0 aliphatic carbocycles. The summed E-state index contributed by atoms with van der Waals surface area (Å²) in [6.45, 7) is 4.14. The predicted octanol–water partition coefficient (Wildman–Crippen LogP) is 3.16. The third-order valence-electron chi connectivity index (χ3n) is 2.78. The molecule has 0 fully saturated rings. The second-order valence-corrected chi connectivity index (χ2v) is 4.86. The molecule has 112 valence electrons. The third-order valence-corrected chi connectivity index (χ3v) is 2.95. The Labute approximate surface area is 128 Å². The molecule has 21 heavy (non-hydrogen) atoms. The number of hydrogen-bond donors (Lipinski definition) is 0. The van der Waals surface area contributed by atoms with E-state index >= 15 is 0 Å². The summed E-state index contributed by atoms with van der Waals surface area (Å²) in [5, 5.41) is 0.0775. The fourth-order valence-corrected chi connectivity index (χ4v) is 1.96. The van der Waals surface area contributed by atoms with Crippen LogP contribution in [-0.4, -0.2) is 33.1 Å². The summed E-state index contributed by atoms with van der Waals surface area (Å²) in [6.07, 6.45) is 3.84. The quantitative estimate of drug-likeness (QED) is 0.816. The minimum Gasteiger partial charge on any atom is -0.475 e. The number of methoxy groups -OCH3 is 1. The molecule has 1 atom stereocenters. The first kappa shape index (κ1) is 15.4. The highest BCUT2D eigenvalue weighted by atomic mass is 35.5. The van der Waals surface area contributed by atoms with E-state index < -0.39 is 0 Å². The fraction of sp³-hybridized carbons (Fsp3) is 0.429. The van der Waals surface area contributed by atoms with Crippen molar-refractivity contribution in [3.05, 3.63) is 23.6 Å². The van der Waals surface area contributed by atoms with E-state index in [-0.39, 0.29) is 17.4 Å². The van der Waals surface area contributed by atoms with Crippen molar-refractivity contribution in [1.82, 2.24) is 19.9 Å². The van der Waals surface area contributed by atoms with Gasteiger partial charge >= 0.3 is 6.01 Å². The largest absolute Gasteiger partial charge is 0.475 e. The Balaban J connectivity index is 2.17. The number of rotatable bonds is 6. The molecule has 2 rings (SSSR count). The van der Waals surface area contributed by atoms with Crippen LogP contribution in [0.3, 0.4) is 0 Å². The lowest BCUT2D eigenvalue weighted by atomic mass is 10.2. The number of hydrogen-bond acceptors (Lipinski definition) is 6. The molecular weight excluding hydrogens is 292 g/mol. The Kier molecular flexibility index (Phi) is 5.27. The minimum atomic E-state index is 0.0775. The second-order valence-electron chi connectivity index (χ2n) is 4.52. The second kappa shape index (κ2) is 7.17. The van der Waals surface area contributed by atoms with Crippen LogP contribution in [0.4, 0.5) is 0 Å². The van der Waals surface area contributed by atoms with Crippen molar-refractivity contribution in [2.45, 2.75) is 32.8 Å². The molecule has 0 aliphatic rings. The third kappa shape index (κ3) is 4.26. The predicted molar refractivity (Wildman–Crippen MR) is 79.6 cm³/mol. The molecule has 7 heteroatoms. The van der Waals surface area contributed by atoms with Crippen molar-refractivity contribution in [2.24, 2.45) is 0 Å². The maximum absolute atomic E-state index is 5.83. The molecule has 0 bridgehead atoms. The van der Waals surface area contributed by atoms with Crippen molar-refractivity contribution in [2.75, 3.05) is 7.11 Å². The van der Waals surface area contributed by atoms with Crippen LogP contribution in [0.5, 0.6) is 11.9 Å². The minimum absolute atomic E-state index is 0.0775. The van der Waals surface area contributed by atoms with Crippen molar-refractivity contribution in [3.8, 4) is 23.3 Å². The lowest BCUT2D eigenvalue weighted by Crippen LogP contribution is -2.11. The Hall–Kier alpha value is -1.95. The van der Waals surface area contributed by atoms with Crippen LogP contribution in [0.1, 0.15) is 26.7 Å². The van der Waals surface area contributed by atoms with E-state index in [4.69, 9.17) is 21.1 Å². The van der Waals surface area contributed by atoms with Crippen LogP contribution < -0.4 is 9.47 Å². The SMILES string of the molecule is CCC[C@@H](C)Oc1ccc(-c2nc(Cl)nc(OC)n2)cn1. The van der Waals surface area contributed by atoms with Gasteiger partial charge in [-0.25, -0.2) is 4.98 Å². The molecule has 0 saturated heterocycles. The molecule has 2 heterocycles. The Morgan fingerprint density at radius 3 is 2.67 bits per heavy atom. The first-order valence-electron chi connectivity index (χ1n) is 6.71. The maximum Gasteiger partial charge on any atom is 0.321 e. The molecule has 0 amide bonds. The molecule has 0 radical (unpaired) electrons. The zero-order valence-corrected chi connectivity index (χ0v) is 13.0. The van der Waals surface area contributed by atoms with Crippen molar-refractivity contribution < 1.29 is 9.47 Å². The highest BCUT2D eigenvalue weighted by molar-refractivity contribution is 6.28. The topological polar surface area (TPSA) is 70.0 Å². The number of ether oxygens (including phenoxy) is 2. The van der Waals surface area contributed by atoms with E-state index in [0.717, 1.165) is 12.8 Å².